The molecule has 0 radical (unpaired) electrons. The summed E-state index contributed by atoms with van der Waals surface area (Å²) in [4.78, 5) is 11.8. The number of esters is 1. The van der Waals surface area contributed by atoms with Crippen LogP contribution < -0.4 is 5.73 Å². The minimum Gasteiger partial charge on any atom is -0.461 e. The Morgan fingerprint density at radius 1 is 1.45 bits per heavy atom. The number of rotatable bonds is 6. The van der Waals surface area contributed by atoms with E-state index in [1.54, 1.807) is 40.8 Å². The fourth-order valence-electron chi connectivity index (χ4n) is 1.69. The van der Waals surface area contributed by atoms with Gasteiger partial charge in [-0.05, 0) is 42.7 Å². The van der Waals surface area contributed by atoms with Crippen molar-refractivity contribution >= 4 is 23.4 Å². The van der Waals surface area contributed by atoms with Gasteiger partial charge in [-0.25, -0.2) is 9.48 Å². The second-order valence-corrected chi connectivity index (χ2v) is 5.21. The van der Waals surface area contributed by atoms with Crippen molar-refractivity contribution < 1.29 is 9.53 Å². The molecule has 1 aromatic heterocycles. The molecule has 6 heteroatoms. The highest BCUT2D eigenvalue weighted by Crippen LogP contribution is 2.12. The zero-order valence-electron chi connectivity index (χ0n) is 11.3. The smallest absolute Gasteiger partial charge is 0.358 e. The highest BCUT2D eigenvalue weighted by molar-refractivity contribution is 7.98. The van der Waals surface area contributed by atoms with E-state index in [9.17, 15) is 4.79 Å². The van der Waals surface area contributed by atoms with Gasteiger partial charge in [-0.15, -0.1) is 0 Å². The summed E-state index contributed by atoms with van der Waals surface area (Å²) in [5.41, 5.74) is 7.49. The number of nitrogens with two attached hydrogens (primary N) is 1. The molecular weight excluding hydrogens is 274 g/mol. The first-order valence-electron chi connectivity index (χ1n) is 6.28. The van der Waals surface area contributed by atoms with Crippen LogP contribution in [0.5, 0.6) is 0 Å². The van der Waals surface area contributed by atoms with Crippen molar-refractivity contribution in [2.45, 2.75) is 6.42 Å². The molecule has 5 nitrogen and oxygen atoms in total. The van der Waals surface area contributed by atoms with Crippen LogP contribution in [0.3, 0.4) is 0 Å². The highest BCUT2D eigenvalue weighted by atomic mass is 32.2. The van der Waals surface area contributed by atoms with Gasteiger partial charge in [0.1, 0.15) is 0 Å². The van der Waals surface area contributed by atoms with Crippen molar-refractivity contribution in [3.63, 3.8) is 0 Å². The molecule has 0 aliphatic heterocycles. The van der Waals surface area contributed by atoms with Gasteiger partial charge in [-0.3, -0.25) is 0 Å². The van der Waals surface area contributed by atoms with Crippen LogP contribution in [0.15, 0.2) is 36.5 Å². The van der Waals surface area contributed by atoms with Crippen molar-refractivity contribution in [1.82, 2.24) is 9.78 Å². The Hall–Kier alpha value is -1.95. The third kappa shape index (κ3) is 3.77. The molecule has 1 heterocycles. The van der Waals surface area contributed by atoms with Gasteiger partial charge in [-0.1, -0.05) is 6.07 Å². The number of anilines is 1. The number of aromatic nitrogens is 2. The second kappa shape index (κ2) is 7.00. The van der Waals surface area contributed by atoms with E-state index in [0.717, 1.165) is 17.9 Å². The van der Waals surface area contributed by atoms with Crippen LogP contribution in [0.4, 0.5) is 5.69 Å². The molecule has 106 valence electrons. The lowest BCUT2D eigenvalue weighted by Gasteiger charge is -2.03. The van der Waals surface area contributed by atoms with Gasteiger partial charge in [0, 0.05) is 11.9 Å². The Kier molecular flexibility index (Phi) is 5.06. The molecule has 0 atom stereocenters. The van der Waals surface area contributed by atoms with Crippen LogP contribution in [-0.4, -0.2) is 34.4 Å². The summed E-state index contributed by atoms with van der Waals surface area (Å²) in [6.45, 7) is 0.421. The van der Waals surface area contributed by atoms with Gasteiger partial charge in [-0.2, -0.15) is 16.9 Å². The molecule has 0 aliphatic carbocycles. The van der Waals surface area contributed by atoms with Crippen molar-refractivity contribution in [2.75, 3.05) is 24.3 Å². The molecular formula is C14H17N3O2S. The van der Waals surface area contributed by atoms with E-state index in [1.165, 1.54) is 0 Å². The van der Waals surface area contributed by atoms with Crippen LogP contribution in [-0.2, 0) is 4.74 Å². The number of hydrogen-bond acceptors (Lipinski definition) is 5. The van der Waals surface area contributed by atoms with E-state index in [-0.39, 0.29) is 0 Å². The minimum absolute atomic E-state index is 0.302. The quantitative estimate of drug-likeness (QED) is 0.502. The molecule has 20 heavy (non-hydrogen) atoms. The van der Waals surface area contributed by atoms with Gasteiger partial charge < -0.3 is 10.5 Å². The molecule has 0 fully saturated rings. The van der Waals surface area contributed by atoms with Crippen molar-refractivity contribution in [1.29, 1.82) is 0 Å². The van der Waals surface area contributed by atoms with Crippen LogP contribution >= 0.6 is 11.8 Å². The molecule has 0 unspecified atom stereocenters. The van der Waals surface area contributed by atoms with Crippen LogP contribution in [0.1, 0.15) is 16.9 Å². The number of benzene rings is 1. The number of thioether (sulfide) groups is 1. The lowest BCUT2D eigenvalue weighted by Crippen LogP contribution is -2.08. The molecule has 0 bridgehead atoms. The molecule has 2 aromatic rings. The molecule has 2 rings (SSSR count). The molecule has 0 saturated heterocycles. The van der Waals surface area contributed by atoms with E-state index in [0.29, 0.717) is 18.0 Å². The highest BCUT2D eigenvalue weighted by Gasteiger charge is 2.11. The van der Waals surface area contributed by atoms with Crippen molar-refractivity contribution in [2.24, 2.45) is 0 Å². The number of carbonyl (C=O) groups excluding carboxylic acids is 1. The monoisotopic (exact) mass is 291 g/mol. The maximum atomic E-state index is 11.8. The number of hydrogen-bond donors (Lipinski definition) is 1. The SMILES string of the molecule is CSCCCOC(=O)c1ccn(-c2cccc(N)c2)n1. The maximum absolute atomic E-state index is 11.8. The lowest BCUT2D eigenvalue weighted by molar-refractivity contribution is 0.0499. The van der Waals surface area contributed by atoms with E-state index >= 15 is 0 Å². The molecule has 0 aliphatic rings. The number of nitrogens with zero attached hydrogens (tertiary/aromatic N) is 2. The van der Waals surface area contributed by atoms with E-state index in [2.05, 4.69) is 5.10 Å². The Morgan fingerprint density at radius 2 is 2.30 bits per heavy atom. The van der Waals surface area contributed by atoms with Crippen LogP contribution in [0.2, 0.25) is 0 Å². The summed E-state index contributed by atoms with van der Waals surface area (Å²) in [5, 5.41) is 4.20. The second-order valence-electron chi connectivity index (χ2n) is 4.22. The summed E-state index contributed by atoms with van der Waals surface area (Å²) in [6, 6.07) is 8.94. The van der Waals surface area contributed by atoms with Crippen molar-refractivity contribution in [3.05, 3.63) is 42.2 Å². The number of ether oxygens (including phenoxy) is 1. The largest absolute Gasteiger partial charge is 0.461 e. The third-order valence-electron chi connectivity index (χ3n) is 2.66. The van der Waals surface area contributed by atoms with Crippen LogP contribution in [0, 0.1) is 0 Å². The topological polar surface area (TPSA) is 70.1 Å². The number of nitrogen functional groups attached to an aromatic ring is 1. The van der Waals surface area contributed by atoms with Crippen LogP contribution in [0.25, 0.3) is 5.69 Å². The summed E-state index contributed by atoms with van der Waals surface area (Å²) in [7, 11) is 0. The zero-order chi connectivity index (χ0) is 14.4. The fraction of sp³-hybridized carbons (Fsp3) is 0.286. The molecule has 2 N–H and O–H groups in total. The van der Waals surface area contributed by atoms with Gasteiger partial charge in [0.25, 0.3) is 0 Å². The Balaban J connectivity index is 2.00. The summed E-state index contributed by atoms with van der Waals surface area (Å²) in [5.74, 6) is 0.583. The summed E-state index contributed by atoms with van der Waals surface area (Å²) >= 11 is 1.73. The predicted molar refractivity (Wildman–Crippen MR) is 81.3 cm³/mol. The van der Waals surface area contributed by atoms with Gasteiger partial charge in [0.15, 0.2) is 5.69 Å². The average molecular weight is 291 g/mol. The number of carbonyl (C=O) groups is 1. The average Bonchev–Trinajstić information content (AvgIpc) is 2.93. The van der Waals surface area contributed by atoms with Gasteiger partial charge in [0.05, 0.1) is 12.3 Å². The van der Waals surface area contributed by atoms with E-state index in [1.807, 2.05) is 18.4 Å². The first-order valence-corrected chi connectivity index (χ1v) is 7.68. The molecule has 1 aromatic carbocycles. The third-order valence-corrected chi connectivity index (χ3v) is 3.36. The fourth-order valence-corrected chi connectivity index (χ4v) is 2.09. The predicted octanol–water partition coefficient (Wildman–Crippen LogP) is 2.36. The first kappa shape index (κ1) is 14.5. The maximum Gasteiger partial charge on any atom is 0.358 e. The molecule has 0 amide bonds. The normalized spacial score (nSPS) is 10.4. The Morgan fingerprint density at radius 3 is 3.05 bits per heavy atom. The van der Waals surface area contributed by atoms with Crippen molar-refractivity contribution in [3.8, 4) is 5.69 Å². The lowest BCUT2D eigenvalue weighted by atomic mass is 10.3. The summed E-state index contributed by atoms with van der Waals surface area (Å²) in [6.07, 6.45) is 4.59. The molecule has 0 saturated carbocycles. The molecule has 0 spiro atoms. The summed E-state index contributed by atoms with van der Waals surface area (Å²) < 4.78 is 6.76. The van der Waals surface area contributed by atoms with Gasteiger partial charge in [0.2, 0.25) is 0 Å². The first-order chi connectivity index (χ1) is 9.70. The zero-order valence-corrected chi connectivity index (χ0v) is 12.1. The van der Waals surface area contributed by atoms with Gasteiger partial charge >= 0.3 is 5.97 Å². The Bertz CT molecular complexity index is 583. The van der Waals surface area contributed by atoms with E-state index < -0.39 is 5.97 Å². The minimum atomic E-state index is -0.395. The standard InChI is InChI=1S/C14H17N3O2S/c1-20-9-3-8-19-14(18)13-6-7-17(16-13)12-5-2-4-11(15)10-12/h2,4-7,10H,3,8-9,15H2,1H3. The van der Waals surface area contributed by atoms with E-state index in [4.69, 9.17) is 10.5 Å². The Labute approximate surface area is 122 Å².